The number of hydrogen-bond donors (Lipinski definition) is 1. The number of thioether (sulfide) groups is 1. The Morgan fingerprint density at radius 2 is 1.75 bits per heavy atom. The highest BCUT2D eigenvalue weighted by Gasteiger charge is 2.27. The predicted octanol–water partition coefficient (Wildman–Crippen LogP) is 4.17. The lowest BCUT2D eigenvalue weighted by Crippen LogP contribution is -2.50. The molecule has 0 spiro atoms. The van der Waals surface area contributed by atoms with Gasteiger partial charge in [0, 0.05) is 24.4 Å². The van der Waals surface area contributed by atoms with E-state index < -0.39 is 6.04 Å². The molecular weight excluding hydrogens is 392 g/mol. The van der Waals surface area contributed by atoms with Gasteiger partial charge in [0.2, 0.25) is 11.8 Å². The SMILES string of the molecule is CC[C@@H](C(=O)NC)N(CCc1ccccc1)C(=O)CSCc1ccc(Cl)cc1. The molecule has 6 heteroatoms. The number of likely N-dealkylation sites (N-methyl/N-ethyl adjacent to an activating group) is 1. The van der Waals surface area contributed by atoms with Crippen LogP contribution in [0.15, 0.2) is 54.6 Å². The minimum atomic E-state index is -0.447. The number of amides is 2. The second-order valence-corrected chi connectivity index (χ2v) is 7.90. The first-order valence-electron chi connectivity index (χ1n) is 9.42. The maximum Gasteiger partial charge on any atom is 0.242 e. The molecule has 0 aliphatic heterocycles. The van der Waals surface area contributed by atoms with E-state index in [0.29, 0.717) is 23.7 Å². The topological polar surface area (TPSA) is 49.4 Å². The molecule has 0 bridgehead atoms. The van der Waals surface area contributed by atoms with Gasteiger partial charge in [0.15, 0.2) is 0 Å². The zero-order chi connectivity index (χ0) is 20.4. The van der Waals surface area contributed by atoms with Crippen molar-refractivity contribution in [2.75, 3.05) is 19.3 Å². The Balaban J connectivity index is 2.00. The Hall–Kier alpha value is -1.98. The van der Waals surface area contributed by atoms with Crippen LogP contribution >= 0.6 is 23.4 Å². The molecule has 0 unspecified atom stereocenters. The number of carbonyl (C=O) groups is 2. The largest absolute Gasteiger partial charge is 0.357 e. The Morgan fingerprint density at radius 3 is 2.36 bits per heavy atom. The lowest BCUT2D eigenvalue weighted by atomic mass is 10.1. The normalized spacial score (nSPS) is 11.7. The van der Waals surface area contributed by atoms with Crippen molar-refractivity contribution in [3.8, 4) is 0 Å². The fraction of sp³-hybridized carbons (Fsp3) is 0.364. The first kappa shape index (κ1) is 22.3. The molecule has 1 atom stereocenters. The Kier molecular flexibility index (Phi) is 9.38. The summed E-state index contributed by atoms with van der Waals surface area (Å²) in [6, 6.07) is 17.2. The molecule has 0 saturated heterocycles. The van der Waals surface area contributed by atoms with Gasteiger partial charge in [-0.05, 0) is 36.1 Å². The number of rotatable bonds is 10. The van der Waals surface area contributed by atoms with Crippen molar-refractivity contribution in [3.63, 3.8) is 0 Å². The van der Waals surface area contributed by atoms with Crippen molar-refractivity contribution in [1.82, 2.24) is 10.2 Å². The van der Waals surface area contributed by atoms with Crippen LogP contribution in [0.1, 0.15) is 24.5 Å². The maximum absolute atomic E-state index is 12.9. The van der Waals surface area contributed by atoms with E-state index in [1.165, 1.54) is 0 Å². The van der Waals surface area contributed by atoms with Gasteiger partial charge in [-0.25, -0.2) is 0 Å². The molecule has 2 rings (SSSR count). The van der Waals surface area contributed by atoms with E-state index in [1.807, 2.05) is 61.5 Å². The van der Waals surface area contributed by atoms with Crippen LogP contribution in [0.25, 0.3) is 0 Å². The van der Waals surface area contributed by atoms with Crippen LogP contribution in [0.3, 0.4) is 0 Å². The summed E-state index contributed by atoms with van der Waals surface area (Å²) in [4.78, 5) is 27.0. The van der Waals surface area contributed by atoms with Gasteiger partial charge in [-0.2, -0.15) is 0 Å². The van der Waals surface area contributed by atoms with Crippen molar-refractivity contribution in [3.05, 3.63) is 70.7 Å². The summed E-state index contributed by atoms with van der Waals surface area (Å²) < 4.78 is 0. The number of halogens is 1. The van der Waals surface area contributed by atoms with E-state index in [-0.39, 0.29) is 11.8 Å². The smallest absolute Gasteiger partial charge is 0.242 e. The van der Waals surface area contributed by atoms with Gasteiger partial charge in [0.25, 0.3) is 0 Å². The highest BCUT2D eigenvalue weighted by atomic mass is 35.5. The third-order valence-electron chi connectivity index (χ3n) is 4.52. The van der Waals surface area contributed by atoms with Crippen LogP contribution in [-0.4, -0.2) is 42.1 Å². The summed E-state index contributed by atoms with van der Waals surface area (Å²) in [7, 11) is 1.61. The summed E-state index contributed by atoms with van der Waals surface area (Å²) in [5.41, 5.74) is 2.28. The minimum Gasteiger partial charge on any atom is -0.357 e. The summed E-state index contributed by atoms with van der Waals surface area (Å²) >= 11 is 7.46. The maximum atomic E-state index is 12.9. The summed E-state index contributed by atoms with van der Waals surface area (Å²) in [6.07, 6.45) is 1.31. The molecule has 0 fully saturated rings. The highest BCUT2D eigenvalue weighted by Crippen LogP contribution is 2.17. The first-order valence-corrected chi connectivity index (χ1v) is 11.0. The van der Waals surface area contributed by atoms with E-state index in [0.717, 1.165) is 23.3 Å². The number of nitrogens with one attached hydrogen (secondary N) is 1. The highest BCUT2D eigenvalue weighted by molar-refractivity contribution is 7.99. The summed E-state index contributed by atoms with van der Waals surface area (Å²) in [6.45, 7) is 2.46. The molecule has 0 aliphatic rings. The van der Waals surface area contributed by atoms with Crippen molar-refractivity contribution >= 4 is 35.2 Å². The van der Waals surface area contributed by atoms with Gasteiger partial charge in [0.05, 0.1) is 5.75 Å². The molecule has 2 aromatic rings. The van der Waals surface area contributed by atoms with Crippen LogP contribution in [0.4, 0.5) is 0 Å². The van der Waals surface area contributed by atoms with E-state index >= 15 is 0 Å². The standard InChI is InChI=1S/C22H27ClN2O2S/c1-3-20(22(27)24-2)25(14-13-17-7-5-4-6-8-17)21(26)16-28-15-18-9-11-19(23)12-10-18/h4-12,20H,3,13-16H2,1-2H3,(H,24,27)/t20-/m0/s1. The quantitative estimate of drug-likeness (QED) is 0.630. The van der Waals surface area contributed by atoms with Gasteiger partial charge in [-0.1, -0.05) is 61.0 Å². The van der Waals surface area contributed by atoms with Gasteiger partial charge >= 0.3 is 0 Å². The number of nitrogens with zero attached hydrogens (tertiary/aromatic N) is 1. The van der Waals surface area contributed by atoms with Gasteiger partial charge in [0.1, 0.15) is 6.04 Å². The molecule has 1 N–H and O–H groups in total. The van der Waals surface area contributed by atoms with Crippen molar-refractivity contribution in [2.45, 2.75) is 31.6 Å². The van der Waals surface area contributed by atoms with Crippen molar-refractivity contribution in [2.24, 2.45) is 0 Å². The lowest BCUT2D eigenvalue weighted by molar-refractivity contribution is -0.138. The van der Waals surface area contributed by atoms with E-state index in [1.54, 1.807) is 23.7 Å². The second kappa shape index (κ2) is 11.8. The van der Waals surface area contributed by atoms with Gasteiger partial charge < -0.3 is 10.2 Å². The fourth-order valence-electron chi connectivity index (χ4n) is 2.98. The van der Waals surface area contributed by atoms with Crippen LogP contribution in [-0.2, 0) is 21.8 Å². The Labute approximate surface area is 176 Å². The van der Waals surface area contributed by atoms with E-state index in [9.17, 15) is 9.59 Å². The number of benzene rings is 2. The minimum absolute atomic E-state index is 0.00894. The fourth-order valence-corrected chi connectivity index (χ4v) is 3.98. The molecule has 4 nitrogen and oxygen atoms in total. The molecule has 2 amide bonds. The Bertz CT molecular complexity index is 753. The molecule has 0 saturated carbocycles. The Morgan fingerprint density at radius 1 is 1.07 bits per heavy atom. The molecular formula is C22H27ClN2O2S. The lowest BCUT2D eigenvalue weighted by Gasteiger charge is -2.30. The molecule has 28 heavy (non-hydrogen) atoms. The van der Waals surface area contributed by atoms with E-state index in [4.69, 9.17) is 11.6 Å². The average molecular weight is 419 g/mol. The zero-order valence-electron chi connectivity index (χ0n) is 16.4. The van der Waals surface area contributed by atoms with Crippen LogP contribution < -0.4 is 5.32 Å². The van der Waals surface area contributed by atoms with Gasteiger partial charge in [-0.15, -0.1) is 11.8 Å². The van der Waals surface area contributed by atoms with Gasteiger partial charge in [-0.3, -0.25) is 9.59 Å². The predicted molar refractivity (Wildman–Crippen MR) is 118 cm³/mol. The van der Waals surface area contributed by atoms with Crippen LogP contribution in [0.2, 0.25) is 5.02 Å². The summed E-state index contributed by atoms with van der Waals surface area (Å²) in [5, 5.41) is 3.39. The monoisotopic (exact) mass is 418 g/mol. The molecule has 0 aromatic heterocycles. The average Bonchev–Trinajstić information content (AvgIpc) is 2.72. The van der Waals surface area contributed by atoms with Crippen molar-refractivity contribution < 1.29 is 9.59 Å². The van der Waals surface area contributed by atoms with Crippen molar-refractivity contribution in [1.29, 1.82) is 0 Å². The second-order valence-electron chi connectivity index (χ2n) is 6.48. The molecule has 0 aliphatic carbocycles. The summed E-state index contributed by atoms with van der Waals surface area (Å²) in [5.74, 6) is 0.939. The van der Waals surface area contributed by atoms with Crippen LogP contribution in [0, 0.1) is 0 Å². The molecule has 0 radical (unpaired) electrons. The molecule has 0 heterocycles. The number of carbonyl (C=O) groups excluding carboxylic acids is 2. The zero-order valence-corrected chi connectivity index (χ0v) is 17.9. The van der Waals surface area contributed by atoms with E-state index in [2.05, 4.69) is 5.32 Å². The third kappa shape index (κ3) is 6.88. The molecule has 150 valence electrons. The number of hydrogen-bond acceptors (Lipinski definition) is 3. The first-order chi connectivity index (χ1) is 13.5. The van der Waals surface area contributed by atoms with Crippen LogP contribution in [0.5, 0.6) is 0 Å². The molecule has 2 aromatic carbocycles. The third-order valence-corrected chi connectivity index (χ3v) is 5.76.